The second kappa shape index (κ2) is 40.2. The molecule has 0 unspecified atom stereocenters. The van der Waals surface area contributed by atoms with E-state index < -0.39 is 0 Å². The smallest absolute Gasteiger partial charge is 0.305 e. The molecule has 0 fully saturated rings. The summed E-state index contributed by atoms with van der Waals surface area (Å²) < 4.78 is 70.9. The Bertz CT molecular complexity index is 957. The fraction of sp³-hybridized carbons (Fsp3) is 0.789. The molecule has 1 aromatic rings. The SMILES string of the molecule is CCCCCC(=O)OCCOCCOCCOCCOCCOCCOCCOCCOCCOCCOCCOCCOc1ccc(NC(C)=O)cc1. The first-order valence-corrected chi connectivity index (χ1v) is 19.1. The van der Waals surface area contributed by atoms with Gasteiger partial charge in [0.1, 0.15) is 19.0 Å². The van der Waals surface area contributed by atoms with Crippen LogP contribution in [0.1, 0.15) is 39.5 Å². The van der Waals surface area contributed by atoms with Gasteiger partial charge in [0.15, 0.2) is 0 Å². The minimum Gasteiger partial charge on any atom is -0.491 e. The van der Waals surface area contributed by atoms with Gasteiger partial charge in [-0.1, -0.05) is 19.8 Å². The standard InChI is InChI=1S/C38H67NO15/c1-3-4-5-6-38(41)54-34-32-52-30-28-50-26-24-48-22-20-46-18-16-44-14-12-42-11-13-43-15-17-45-19-21-47-23-25-49-27-29-51-31-33-53-37-9-7-36(8-10-37)39-35(2)40/h7-10H,3-6,11-34H2,1-2H3,(H,39,40). The number of anilines is 1. The highest BCUT2D eigenvalue weighted by atomic mass is 16.6. The summed E-state index contributed by atoms with van der Waals surface area (Å²) in [4.78, 5) is 22.5. The Hall–Kier alpha value is -2.48. The summed E-state index contributed by atoms with van der Waals surface area (Å²) in [5.41, 5.74) is 0.728. The Morgan fingerprint density at radius 3 is 1.07 bits per heavy atom. The van der Waals surface area contributed by atoms with E-state index in [1.54, 1.807) is 24.3 Å². The van der Waals surface area contributed by atoms with Crippen LogP contribution in [-0.2, 0) is 66.4 Å². The molecule has 0 aliphatic rings. The van der Waals surface area contributed by atoms with Gasteiger partial charge in [-0.05, 0) is 30.7 Å². The summed E-state index contributed by atoms with van der Waals surface area (Å²) in [7, 11) is 0. The fourth-order valence-corrected chi connectivity index (χ4v) is 4.16. The summed E-state index contributed by atoms with van der Waals surface area (Å²) >= 11 is 0. The third-order valence-electron chi connectivity index (χ3n) is 6.87. The van der Waals surface area contributed by atoms with Crippen molar-refractivity contribution in [2.75, 3.05) is 164 Å². The summed E-state index contributed by atoms with van der Waals surface area (Å²) in [5.74, 6) is 0.439. The molecule has 0 aliphatic heterocycles. The molecule has 1 amide bonds. The third kappa shape index (κ3) is 36.5. The summed E-state index contributed by atoms with van der Waals surface area (Å²) in [5, 5.41) is 2.71. The van der Waals surface area contributed by atoms with Gasteiger partial charge in [0, 0.05) is 19.0 Å². The van der Waals surface area contributed by atoms with Gasteiger partial charge in [-0.25, -0.2) is 0 Å². The van der Waals surface area contributed by atoms with E-state index in [9.17, 15) is 9.59 Å². The van der Waals surface area contributed by atoms with Crippen LogP contribution in [0.2, 0.25) is 0 Å². The minimum absolute atomic E-state index is 0.111. The van der Waals surface area contributed by atoms with Crippen molar-refractivity contribution >= 4 is 17.6 Å². The third-order valence-corrected chi connectivity index (χ3v) is 6.87. The topological polar surface area (TPSA) is 166 Å². The van der Waals surface area contributed by atoms with Crippen LogP contribution in [0.4, 0.5) is 5.69 Å². The molecule has 0 saturated carbocycles. The van der Waals surface area contributed by atoms with Gasteiger partial charge >= 0.3 is 5.97 Å². The summed E-state index contributed by atoms with van der Waals surface area (Å²) in [6.45, 7) is 14.7. The van der Waals surface area contributed by atoms with Crippen molar-refractivity contribution < 1.29 is 71.2 Å². The average molecular weight is 778 g/mol. The van der Waals surface area contributed by atoms with E-state index in [0.29, 0.717) is 164 Å². The largest absolute Gasteiger partial charge is 0.491 e. The minimum atomic E-state index is -0.164. The Labute approximate surface area is 321 Å². The molecule has 0 heterocycles. The van der Waals surface area contributed by atoms with E-state index in [1.165, 1.54) is 6.92 Å². The Morgan fingerprint density at radius 1 is 0.444 bits per heavy atom. The molecule has 314 valence electrons. The number of hydrogen-bond acceptors (Lipinski definition) is 15. The van der Waals surface area contributed by atoms with E-state index in [1.807, 2.05) is 0 Å². The van der Waals surface area contributed by atoms with E-state index in [0.717, 1.165) is 24.9 Å². The normalized spacial score (nSPS) is 11.2. The zero-order valence-corrected chi connectivity index (χ0v) is 32.7. The lowest BCUT2D eigenvalue weighted by Crippen LogP contribution is -2.16. The van der Waals surface area contributed by atoms with Crippen LogP contribution in [0.3, 0.4) is 0 Å². The molecular formula is C38H67NO15. The predicted molar refractivity (Wildman–Crippen MR) is 200 cm³/mol. The highest BCUT2D eigenvalue weighted by Crippen LogP contribution is 2.15. The number of nitrogens with one attached hydrogen (secondary N) is 1. The van der Waals surface area contributed by atoms with Gasteiger partial charge in [0.2, 0.25) is 5.91 Å². The molecule has 16 nitrogen and oxygen atoms in total. The highest BCUT2D eigenvalue weighted by molar-refractivity contribution is 5.88. The average Bonchev–Trinajstić information content (AvgIpc) is 3.16. The molecule has 1 rings (SSSR count). The van der Waals surface area contributed by atoms with Crippen molar-refractivity contribution in [2.45, 2.75) is 39.5 Å². The quantitative estimate of drug-likeness (QED) is 0.0759. The first-order valence-electron chi connectivity index (χ1n) is 19.1. The van der Waals surface area contributed by atoms with E-state index >= 15 is 0 Å². The number of carbonyl (C=O) groups is 2. The van der Waals surface area contributed by atoms with Crippen LogP contribution in [-0.4, -0.2) is 170 Å². The van der Waals surface area contributed by atoms with Gasteiger partial charge in [-0.2, -0.15) is 0 Å². The van der Waals surface area contributed by atoms with Crippen molar-refractivity contribution in [3.8, 4) is 5.75 Å². The molecule has 0 aromatic heterocycles. The van der Waals surface area contributed by atoms with E-state index in [2.05, 4.69) is 12.2 Å². The molecule has 16 heteroatoms. The molecule has 0 aliphatic carbocycles. The monoisotopic (exact) mass is 777 g/mol. The molecule has 1 aromatic carbocycles. The number of esters is 1. The molecule has 0 radical (unpaired) electrons. The lowest BCUT2D eigenvalue weighted by atomic mass is 10.2. The zero-order chi connectivity index (χ0) is 38.8. The van der Waals surface area contributed by atoms with Gasteiger partial charge in [0.25, 0.3) is 0 Å². The number of benzene rings is 1. The van der Waals surface area contributed by atoms with Crippen molar-refractivity contribution in [3.63, 3.8) is 0 Å². The predicted octanol–water partition coefficient (Wildman–Crippen LogP) is 3.33. The van der Waals surface area contributed by atoms with Gasteiger partial charge < -0.3 is 66.9 Å². The number of amides is 1. The summed E-state index contributed by atoms with van der Waals surface area (Å²) in [6.07, 6.45) is 3.48. The van der Waals surface area contributed by atoms with Crippen LogP contribution in [0.5, 0.6) is 5.75 Å². The second-order valence-corrected chi connectivity index (χ2v) is 11.5. The van der Waals surface area contributed by atoms with Crippen LogP contribution >= 0.6 is 0 Å². The number of hydrogen-bond donors (Lipinski definition) is 1. The molecule has 0 bridgehead atoms. The fourth-order valence-electron chi connectivity index (χ4n) is 4.16. The zero-order valence-electron chi connectivity index (χ0n) is 32.7. The van der Waals surface area contributed by atoms with Crippen LogP contribution in [0, 0.1) is 0 Å². The first kappa shape index (κ1) is 49.5. The van der Waals surface area contributed by atoms with Gasteiger partial charge in [-0.15, -0.1) is 0 Å². The molecule has 0 spiro atoms. The summed E-state index contributed by atoms with van der Waals surface area (Å²) in [6, 6.07) is 7.17. The number of rotatable bonds is 42. The lowest BCUT2D eigenvalue weighted by Gasteiger charge is -2.09. The van der Waals surface area contributed by atoms with Crippen molar-refractivity contribution in [1.82, 2.24) is 0 Å². The number of ether oxygens (including phenoxy) is 13. The molecular weight excluding hydrogens is 710 g/mol. The maximum Gasteiger partial charge on any atom is 0.305 e. The van der Waals surface area contributed by atoms with Crippen molar-refractivity contribution in [2.24, 2.45) is 0 Å². The van der Waals surface area contributed by atoms with Crippen LogP contribution in [0.15, 0.2) is 24.3 Å². The van der Waals surface area contributed by atoms with E-state index in [-0.39, 0.29) is 18.5 Å². The molecule has 0 saturated heterocycles. The van der Waals surface area contributed by atoms with Crippen molar-refractivity contribution in [1.29, 1.82) is 0 Å². The van der Waals surface area contributed by atoms with Gasteiger partial charge in [0.05, 0.1) is 145 Å². The highest BCUT2D eigenvalue weighted by Gasteiger charge is 2.02. The Kier molecular flexibility index (Phi) is 36.9. The van der Waals surface area contributed by atoms with Crippen LogP contribution in [0.25, 0.3) is 0 Å². The molecule has 1 N–H and O–H groups in total. The molecule has 54 heavy (non-hydrogen) atoms. The number of carbonyl (C=O) groups excluding carboxylic acids is 2. The van der Waals surface area contributed by atoms with Crippen molar-refractivity contribution in [3.05, 3.63) is 24.3 Å². The number of unbranched alkanes of at least 4 members (excludes halogenated alkanes) is 2. The maximum absolute atomic E-state index is 11.5. The Morgan fingerprint density at radius 2 is 0.759 bits per heavy atom. The first-order chi connectivity index (χ1) is 26.6. The second-order valence-electron chi connectivity index (χ2n) is 11.5. The van der Waals surface area contributed by atoms with Crippen LogP contribution < -0.4 is 10.1 Å². The van der Waals surface area contributed by atoms with Gasteiger partial charge in [-0.3, -0.25) is 9.59 Å². The van der Waals surface area contributed by atoms with E-state index in [4.69, 9.17) is 61.6 Å². The Balaban J connectivity index is 1.65. The lowest BCUT2D eigenvalue weighted by molar-refractivity contribution is -0.145. The molecule has 0 atom stereocenters. The maximum atomic E-state index is 11.5.